The van der Waals surface area contributed by atoms with Gasteiger partial charge in [-0.2, -0.15) is 0 Å². The van der Waals surface area contributed by atoms with E-state index < -0.39 is 6.10 Å². The van der Waals surface area contributed by atoms with Gasteiger partial charge >= 0.3 is 0 Å². The first kappa shape index (κ1) is 17.5. The first-order valence-corrected chi connectivity index (χ1v) is 7.86. The SMILES string of the molecule is COc1ccc([C@H](CNC[C@@H](O)c2ccccc2)N(C)C)cc1. The van der Waals surface area contributed by atoms with E-state index in [0.29, 0.717) is 6.54 Å². The average molecular weight is 314 g/mol. The van der Waals surface area contributed by atoms with Crippen LogP contribution in [-0.4, -0.2) is 44.3 Å². The Balaban J connectivity index is 1.92. The van der Waals surface area contributed by atoms with E-state index in [9.17, 15) is 5.11 Å². The summed E-state index contributed by atoms with van der Waals surface area (Å²) in [5, 5.41) is 13.6. The van der Waals surface area contributed by atoms with Crippen LogP contribution in [0.4, 0.5) is 0 Å². The second kappa shape index (κ2) is 8.67. The summed E-state index contributed by atoms with van der Waals surface area (Å²) < 4.78 is 5.21. The van der Waals surface area contributed by atoms with Crippen molar-refractivity contribution < 1.29 is 9.84 Å². The van der Waals surface area contributed by atoms with E-state index in [2.05, 4.69) is 36.4 Å². The van der Waals surface area contributed by atoms with Crippen molar-refractivity contribution in [1.29, 1.82) is 0 Å². The predicted octanol–water partition coefficient (Wildman–Crippen LogP) is 2.62. The number of hydrogen-bond donors (Lipinski definition) is 2. The smallest absolute Gasteiger partial charge is 0.118 e. The largest absolute Gasteiger partial charge is 0.497 e. The molecule has 0 spiro atoms. The average Bonchev–Trinajstić information content (AvgIpc) is 2.59. The van der Waals surface area contributed by atoms with Gasteiger partial charge in [0.1, 0.15) is 5.75 Å². The lowest BCUT2D eigenvalue weighted by Gasteiger charge is -2.26. The maximum absolute atomic E-state index is 10.2. The number of aliphatic hydroxyl groups excluding tert-OH is 1. The van der Waals surface area contributed by atoms with Crippen LogP contribution >= 0.6 is 0 Å². The Morgan fingerprint density at radius 2 is 1.61 bits per heavy atom. The van der Waals surface area contributed by atoms with Gasteiger partial charge in [0.15, 0.2) is 0 Å². The molecule has 2 aromatic rings. The Kier molecular flexibility index (Phi) is 6.59. The third-order valence-electron chi connectivity index (χ3n) is 3.98. The molecule has 0 saturated carbocycles. The van der Waals surface area contributed by atoms with Crippen LogP contribution in [0, 0.1) is 0 Å². The number of benzene rings is 2. The number of likely N-dealkylation sites (N-methyl/N-ethyl adjacent to an activating group) is 1. The van der Waals surface area contributed by atoms with Gasteiger partial charge in [0.25, 0.3) is 0 Å². The maximum Gasteiger partial charge on any atom is 0.118 e. The summed E-state index contributed by atoms with van der Waals surface area (Å²) in [5.74, 6) is 0.860. The minimum atomic E-state index is -0.491. The zero-order chi connectivity index (χ0) is 16.7. The Hall–Kier alpha value is -1.88. The summed E-state index contributed by atoms with van der Waals surface area (Å²) >= 11 is 0. The van der Waals surface area contributed by atoms with Crippen LogP contribution < -0.4 is 10.1 Å². The number of hydrogen-bond acceptors (Lipinski definition) is 4. The summed E-state index contributed by atoms with van der Waals surface area (Å²) in [6, 6.07) is 18.1. The van der Waals surface area contributed by atoms with Gasteiger partial charge in [0.05, 0.1) is 13.2 Å². The van der Waals surface area contributed by atoms with E-state index in [-0.39, 0.29) is 6.04 Å². The molecule has 4 nitrogen and oxygen atoms in total. The Bertz CT molecular complexity index is 570. The molecule has 23 heavy (non-hydrogen) atoms. The van der Waals surface area contributed by atoms with Crippen LogP contribution in [0.5, 0.6) is 5.75 Å². The molecule has 0 aliphatic heterocycles. The quantitative estimate of drug-likeness (QED) is 0.786. The van der Waals surface area contributed by atoms with Crippen molar-refractivity contribution in [2.75, 3.05) is 34.3 Å². The predicted molar refractivity (Wildman–Crippen MR) is 93.7 cm³/mol. The van der Waals surface area contributed by atoms with Crippen LogP contribution in [0.25, 0.3) is 0 Å². The van der Waals surface area contributed by atoms with Gasteiger partial charge in [0.2, 0.25) is 0 Å². The molecule has 0 aliphatic carbocycles. The highest BCUT2D eigenvalue weighted by Crippen LogP contribution is 2.21. The highest BCUT2D eigenvalue weighted by Gasteiger charge is 2.15. The number of nitrogens with zero attached hydrogens (tertiary/aromatic N) is 1. The number of methoxy groups -OCH3 is 1. The van der Waals surface area contributed by atoms with Crippen molar-refractivity contribution >= 4 is 0 Å². The van der Waals surface area contributed by atoms with Gasteiger partial charge in [0, 0.05) is 19.1 Å². The second-order valence-electron chi connectivity index (χ2n) is 5.84. The standard InChI is InChI=1S/C19H26N2O2/c1-21(2)18(15-9-11-17(23-3)12-10-15)13-20-14-19(22)16-7-5-4-6-8-16/h4-12,18-20,22H,13-14H2,1-3H3/t18-,19+/m0/s1. The van der Waals surface area contributed by atoms with E-state index in [1.807, 2.05) is 42.5 Å². The fraction of sp³-hybridized carbons (Fsp3) is 0.368. The molecule has 0 radical (unpaired) electrons. The molecule has 2 aromatic carbocycles. The Labute approximate surface area is 138 Å². The molecule has 0 aliphatic rings. The molecule has 2 N–H and O–H groups in total. The zero-order valence-electron chi connectivity index (χ0n) is 14.1. The molecular weight excluding hydrogens is 288 g/mol. The van der Waals surface area contributed by atoms with Gasteiger partial charge < -0.3 is 20.1 Å². The highest BCUT2D eigenvalue weighted by molar-refractivity contribution is 5.29. The molecule has 0 heterocycles. The summed E-state index contributed by atoms with van der Waals surface area (Å²) in [6.07, 6.45) is -0.491. The van der Waals surface area contributed by atoms with Gasteiger partial charge in [-0.25, -0.2) is 0 Å². The fourth-order valence-corrected chi connectivity index (χ4v) is 2.57. The van der Waals surface area contributed by atoms with Crippen LogP contribution in [0.2, 0.25) is 0 Å². The third-order valence-corrected chi connectivity index (χ3v) is 3.98. The second-order valence-corrected chi connectivity index (χ2v) is 5.84. The summed E-state index contributed by atoms with van der Waals surface area (Å²) in [5.41, 5.74) is 2.16. The van der Waals surface area contributed by atoms with Gasteiger partial charge in [-0.1, -0.05) is 42.5 Å². The van der Waals surface area contributed by atoms with Crippen molar-refractivity contribution in [2.45, 2.75) is 12.1 Å². The topological polar surface area (TPSA) is 44.7 Å². The van der Waals surface area contributed by atoms with Gasteiger partial charge in [-0.3, -0.25) is 0 Å². The van der Waals surface area contributed by atoms with Crippen LogP contribution in [0.1, 0.15) is 23.3 Å². The minimum absolute atomic E-state index is 0.240. The van der Waals surface area contributed by atoms with Crippen molar-refractivity contribution in [3.05, 3.63) is 65.7 Å². The Morgan fingerprint density at radius 1 is 0.957 bits per heavy atom. The van der Waals surface area contributed by atoms with Crippen molar-refractivity contribution in [3.63, 3.8) is 0 Å². The van der Waals surface area contributed by atoms with Crippen molar-refractivity contribution in [1.82, 2.24) is 10.2 Å². The third kappa shape index (κ3) is 5.06. The normalized spacial score (nSPS) is 13.8. The fourth-order valence-electron chi connectivity index (χ4n) is 2.57. The van der Waals surface area contributed by atoms with E-state index >= 15 is 0 Å². The molecule has 0 fully saturated rings. The monoisotopic (exact) mass is 314 g/mol. The minimum Gasteiger partial charge on any atom is -0.497 e. The van der Waals surface area contributed by atoms with E-state index in [0.717, 1.165) is 17.9 Å². The van der Waals surface area contributed by atoms with Crippen LogP contribution in [0.3, 0.4) is 0 Å². The maximum atomic E-state index is 10.2. The van der Waals surface area contributed by atoms with Gasteiger partial charge in [-0.15, -0.1) is 0 Å². The Morgan fingerprint density at radius 3 is 2.17 bits per heavy atom. The first-order chi connectivity index (χ1) is 11.1. The number of ether oxygens (including phenoxy) is 1. The number of aliphatic hydroxyl groups is 1. The molecule has 124 valence electrons. The summed E-state index contributed by atoms with van der Waals surface area (Å²) in [6.45, 7) is 1.30. The zero-order valence-corrected chi connectivity index (χ0v) is 14.1. The number of nitrogens with one attached hydrogen (secondary N) is 1. The lowest BCUT2D eigenvalue weighted by Crippen LogP contribution is -2.33. The number of rotatable bonds is 8. The highest BCUT2D eigenvalue weighted by atomic mass is 16.5. The van der Waals surface area contributed by atoms with Crippen LogP contribution in [0.15, 0.2) is 54.6 Å². The molecule has 2 rings (SSSR count). The van der Waals surface area contributed by atoms with E-state index in [1.54, 1.807) is 7.11 Å². The molecule has 0 unspecified atom stereocenters. The molecule has 0 aromatic heterocycles. The van der Waals surface area contributed by atoms with E-state index in [1.165, 1.54) is 5.56 Å². The first-order valence-electron chi connectivity index (χ1n) is 7.86. The molecule has 0 saturated heterocycles. The van der Waals surface area contributed by atoms with E-state index in [4.69, 9.17) is 4.74 Å². The summed E-state index contributed by atoms with van der Waals surface area (Å²) in [4.78, 5) is 2.17. The summed E-state index contributed by atoms with van der Waals surface area (Å²) in [7, 11) is 5.79. The lowest BCUT2D eigenvalue weighted by molar-refractivity contribution is 0.169. The molecule has 0 amide bonds. The molecule has 4 heteroatoms. The van der Waals surface area contributed by atoms with Crippen molar-refractivity contribution in [2.24, 2.45) is 0 Å². The van der Waals surface area contributed by atoms with Crippen LogP contribution in [-0.2, 0) is 0 Å². The molecule has 0 bridgehead atoms. The lowest BCUT2D eigenvalue weighted by atomic mass is 10.1. The van der Waals surface area contributed by atoms with Crippen molar-refractivity contribution in [3.8, 4) is 5.75 Å². The molecule has 2 atom stereocenters. The molecular formula is C19H26N2O2. The van der Waals surface area contributed by atoms with Gasteiger partial charge in [-0.05, 0) is 37.4 Å².